The molecule has 0 bridgehead atoms. The SMILES string of the molecule is CN1CCC[C@@]2(CCN(c3cncc(C(=O)N4CCOCC4)n3)C2)C1=O. The van der Waals surface area contributed by atoms with E-state index >= 15 is 0 Å². The molecule has 0 aliphatic carbocycles. The molecular weight excluding hydrogens is 334 g/mol. The average Bonchev–Trinajstić information content (AvgIpc) is 3.11. The number of likely N-dealkylation sites (tertiary alicyclic amines) is 1. The smallest absolute Gasteiger partial charge is 0.274 e. The molecule has 8 nitrogen and oxygen atoms in total. The molecule has 0 saturated carbocycles. The molecule has 3 fully saturated rings. The second-order valence-corrected chi connectivity index (χ2v) is 7.45. The van der Waals surface area contributed by atoms with Crippen LogP contribution in [0.15, 0.2) is 12.4 Å². The number of nitrogens with zero attached hydrogens (tertiary/aromatic N) is 5. The third-order valence-corrected chi connectivity index (χ3v) is 5.77. The van der Waals surface area contributed by atoms with Gasteiger partial charge in [0.1, 0.15) is 11.5 Å². The molecule has 0 radical (unpaired) electrons. The van der Waals surface area contributed by atoms with Crippen LogP contribution in [0.4, 0.5) is 5.82 Å². The van der Waals surface area contributed by atoms with Gasteiger partial charge in [0.05, 0.1) is 31.0 Å². The number of anilines is 1. The first-order valence-electron chi connectivity index (χ1n) is 9.29. The van der Waals surface area contributed by atoms with Gasteiger partial charge in [0.2, 0.25) is 5.91 Å². The van der Waals surface area contributed by atoms with E-state index in [1.165, 1.54) is 6.20 Å². The van der Waals surface area contributed by atoms with Crippen LogP contribution in [-0.2, 0) is 9.53 Å². The van der Waals surface area contributed by atoms with Crippen molar-refractivity contribution in [3.63, 3.8) is 0 Å². The molecule has 4 heterocycles. The van der Waals surface area contributed by atoms with E-state index in [1.807, 2.05) is 11.9 Å². The summed E-state index contributed by atoms with van der Waals surface area (Å²) in [4.78, 5) is 39.8. The van der Waals surface area contributed by atoms with Crippen LogP contribution in [0.1, 0.15) is 29.8 Å². The number of carbonyl (C=O) groups is 2. The Labute approximate surface area is 153 Å². The van der Waals surface area contributed by atoms with Crippen LogP contribution >= 0.6 is 0 Å². The fraction of sp³-hybridized carbons (Fsp3) is 0.667. The number of hydrogen-bond donors (Lipinski definition) is 0. The van der Waals surface area contributed by atoms with Crippen molar-refractivity contribution < 1.29 is 14.3 Å². The second kappa shape index (κ2) is 6.83. The first-order chi connectivity index (χ1) is 12.6. The lowest BCUT2D eigenvalue weighted by molar-refractivity contribution is -0.143. The quantitative estimate of drug-likeness (QED) is 0.760. The lowest BCUT2D eigenvalue weighted by atomic mass is 9.78. The van der Waals surface area contributed by atoms with Crippen LogP contribution in [0.2, 0.25) is 0 Å². The molecular formula is C18H25N5O3. The summed E-state index contributed by atoms with van der Waals surface area (Å²) in [5, 5.41) is 0. The molecule has 1 atom stereocenters. The molecule has 3 aliphatic heterocycles. The van der Waals surface area contributed by atoms with Crippen LogP contribution < -0.4 is 4.90 Å². The summed E-state index contributed by atoms with van der Waals surface area (Å²) in [6.45, 7) is 4.54. The lowest BCUT2D eigenvalue weighted by Crippen LogP contribution is -2.48. The third-order valence-electron chi connectivity index (χ3n) is 5.77. The Balaban J connectivity index is 1.50. The predicted octanol–water partition coefficient (Wildman–Crippen LogP) is 0.398. The van der Waals surface area contributed by atoms with Crippen molar-refractivity contribution in [2.75, 3.05) is 57.9 Å². The summed E-state index contributed by atoms with van der Waals surface area (Å²) < 4.78 is 5.30. The Bertz CT molecular complexity index is 706. The van der Waals surface area contributed by atoms with E-state index in [0.29, 0.717) is 44.4 Å². The highest BCUT2D eigenvalue weighted by Gasteiger charge is 2.47. The molecule has 1 aromatic rings. The van der Waals surface area contributed by atoms with Gasteiger partial charge in [0.25, 0.3) is 5.91 Å². The normalized spacial score (nSPS) is 26.7. The molecule has 0 unspecified atom stereocenters. The summed E-state index contributed by atoms with van der Waals surface area (Å²) in [6, 6.07) is 0. The van der Waals surface area contributed by atoms with E-state index in [1.54, 1.807) is 11.1 Å². The molecule has 3 saturated heterocycles. The van der Waals surface area contributed by atoms with Crippen molar-refractivity contribution in [2.45, 2.75) is 19.3 Å². The Morgan fingerprint density at radius 3 is 2.77 bits per heavy atom. The maximum atomic E-state index is 12.7. The molecule has 0 aromatic carbocycles. The van der Waals surface area contributed by atoms with E-state index in [4.69, 9.17) is 4.74 Å². The Hall–Kier alpha value is -2.22. The molecule has 1 aromatic heterocycles. The van der Waals surface area contributed by atoms with Gasteiger partial charge in [0, 0.05) is 39.8 Å². The van der Waals surface area contributed by atoms with Gasteiger partial charge in [-0.2, -0.15) is 0 Å². The van der Waals surface area contributed by atoms with Crippen LogP contribution in [0, 0.1) is 5.41 Å². The van der Waals surface area contributed by atoms with Gasteiger partial charge < -0.3 is 19.4 Å². The summed E-state index contributed by atoms with van der Waals surface area (Å²) in [6.07, 6.45) is 6.00. The maximum absolute atomic E-state index is 12.7. The van der Waals surface area contributed by atoms with Crippen LogP contribution in [0.5, 0.6) is 0 Å². The number of carbonyl (C=O) groups excluding carboxylic acids is 2. The van der Waals surface area contributed by atoms with Gasteiger partial charge in [-0.1, -0.05) is 0 Å². The Kier molecular flexibility index (Phi) is 4.52. The first-order valence-corrected chi connectivity index (χ1v) is 9.29. The van der Waals surface area contributed by atoms with Crippen molar-refractivity contribution in [2.24, 2.45) is 5.41 Å². The predicted molar refractivity (Wildman–Crippen MR) is 94.9 cm³/mol. The van der Waals surface area contributed by atoms with Gasteiger partial charge in [-0.3, -0.25) is 14.6 Å². The van der Waals surface area contributed by atoms with E-state index in [2.05, 4.69) is 14.9 Å². The standard InChI is InChI=1S/C18H25N5O3/c1-21-5-2-3-18(17(21)25)4-6-23(13-18)15-12-19-11-14(20-15)16(24)22-7-9-26-10-8-22/h11-12H,2-10,13H2,1H3/t18-/m0/s1. The minimum atomic E-state index is -0.307. The zero-order valence-electron chi connectivity index (χ0n) is 15.2. The van der Waals surface area contributed by atoms with Gasteiger partial charge in [0.15, 0.2) is 0 Å². The number of rotatable bonds is 2. The average molecular weight is 359 g/mol. The number of morpholine rings is 1. The third kappa shape index (κ3) is 3.02. The Morgan fingerprint density at radius 1 is 1.15 bits per heavy atom. The van der Waals surface area contributed by atoms with E-state index in [-0.39, 0.29) is 17.2 Å². The topological polar surface area (TPSA) is 78.9 Å². The number of ether oxygens (including phenoxy) is 1. The van der Waals surface area contributed by atoms with Crippen LogP contribution in [0.3, 0.4) is 0 Å². The minimum absolute atomic E-state index is 0.106. The highest BCUT2D eigenvalue weighted by Crippen LogP contribution is 2.40. The van der Waals surface area contributed by atoms with Crippen LogP contribution in [0.25, 0.3) is 0 Å². The van der Waals surface area contributed by atoms with E-state index < -0.39 is 0 Å². The lowest BCUT2D eigenvalue weighted by Gasteiger charge is -2.37. The fourth-order valence-corrected chi connectivity index (χ4v) is 4.25. The molecule has 1 spiro atoms. The van der Waals surface area contributed by atoms with E-state index in [9.17, 15) is 9.59 Å². The number of amides is 2. The van der Waals surface area contributed by atoms with E-state index in [0.717, 1.165) is 32.4 Å². The maximum Gasteiger partial charge on any atom is 0.274 e. The summed E-state index contributed by atoms with van der Waals surface area (Å²) in [7, 11) is 1.88. The van der Waals surface area contributed by atoms with Crippen molar-refractivity contribution in [3.05, 3.63) is 18.1 Å². The van der Waals surface area contributed by atoms with Crippen molar-refractivity contribution in [1.82, 2.24) is 19.8 Å². The zero-order chi connectivity index (χ0) is 18.1. The Morgan fingerprint density at radius 2 is 1.96 bits per heavy atom. The fourth-order valence-electron chi connectivity index (χ4n) is 4.25. The van der Waals surface area contributed by atoms with Gasteiger partial charge in [-0.15, -0.1) is 0 Å². The largest absolute Gasteiger partial charge is 0.378 e. The molecule has 26 heavy (non-hydrogen) atoms. The summed E-state index contributed by atoms with van der Waals surface area (Å²) in [5.41, 5.74) is 0.0521. The molecule has 140 valence electrons. The summed E-state index contributed by atoms with van der Waals surface area (Å²) >= 11 is 0. The van der Waals surface area contributed by atoms with Crippen LogP contribution in [-0.4, -0.2) is 84.6 Å². The minimum Gasteiger partial charge on any atom is -0.378 e. The van der Waals surface area contributed by atoms with Gasteiger partial charge in [-0.25, -0.2) is 4.98 Å². The molecule has 2 amide bonds. The van der Waals surface area contributed by atoms with Gasteiger partial charge in [-0.05, 0) is 19.3 Å². The van der Waals surface area contributed by atoms with Crippen molar-refractivity contribution >= 4 is 17.6 Å². The molecule has 3 aliphatic rings. The monoisotopic (exact) mass is 359 g/mol. The molecule has 8 heteroatoms. The number of piperidine rings is 1. The number of hydrogen-bond acceptors (Lipinski definition) is 6. The van der Waals surface area contributed by atoms with Crippen molar-refractivity contribution in [1.29, 1.82) is 0 Å². The molecule has 0 N–H and O–H groups in total. The van der Waals surface area contributed by atoms with Gasteiger partial charge >= 0.3 is 0 Å². The second-order valence-electron chi connectivity index (χ2n) is 7.45. The first kappa shape index (κ1) is 17.2. The highest BCUT2D eigenvalue weighted by atomic mass is 16.5. The summed E-state index contributed by atoms with van der Waals surface area (Å²) in [5.74, 6) is 0.812. The highest BCUT2D eigenvalue weighted by molar-refractivity contribution is 5.92. The molecule has 4 rings (SSSR count). The van der Waals surface area contributed by atoms with Crippen molar-refractivity contribution in [3.8, 4) is 0 Å². The number of aromatic nitrogens is 2. The zero-order valence-corrected chi connectivity index (χ0v) is 15.2.